The zero-order valence-corrected chi connectivity index (χ0v) is 11.7. The third-order valence-electron chi connectivity index (χ3n) is 3.80. The highest BCUT2D eigenvalue weighted by Crippen LogP contribution is 2.33. The Balaban J connectivity index is 1.94. The third kappa shape index (κ3) is 2.95. The summed E-state index contributed by atoms with van der Waals surface area (Å²) < 4.78 is 0. The van der Waals surface area contributed by atoms with E-state index in [1.54, 1.807) is 6.07 Å². The van der Waals surface area contributed by atoms with Crippen LogP contribution in [0.1, 0.15) is 18.5 Å². The molecule has 1 saturated carbocycles. The maximum absolute atomic E-state index is 10.9. The zero-order valence-electron chi connectivity index (χ0n) is 11.7. The first-order chi connectivity index (χ1) is 10.0. The first-order valence-corrected chi connectivity index (χ1v) is 7.02. The molecule has 0 amide bonds. The van der Waals surface area contributed by atoms with Crippen LogP contribution in [0.25, 0.3) is 10.9 Å². The summed E-state index contributed by atoms with van der Waals surface area (Å²) in [6, 6.07) is 6.49. The summed E-state index contributed by atoms with van der Waals surface area (Å²) in [5, 5.41) is 24.8. The summed E-state index contributed by atoms with van der Waals surface area (Å²) in [5.74, 6) is 0.390. The van der Waals surface area contributed by atoms with Gasteiger partial charge in [0.2, 0.25) is 0 Å². The Labute approximate surface area is 122 Å². The van der Waals surface area contributed by atoms with E-state index >= 15 is 0 Å². The van der Waals surface area contributed by atoms with Crippen molar-refractivity contribution in [3.05, 3.63) is 40.1 Å². The fourth-order valence-corrected chi connectivity index (χ4v) is 2.47. The maximum atomic E-state index is 10.9. The molecule has 3 rings (SSSR count). The monoisotopic (exact) mass is 287 g/mol. The van der Waals surface area contributed by atoms with Crippen molar-refractivity contribution >= 4 is 22.3 Å². The Bertz CT molecular complexity index is 698. The van der Waals surface area contributed by atoms with E-state index in [2.05, 4.69) is 10.3 Å². The van der Waals surface area contributed by atoms with E-state index in [1.165, 1.54) is 12.1 Å². The molecule has 1 aromatic heterocycles. The maximum Gasteiger partial charge on any atom is 0.270 e. The van der Waals surface area contributed by atoms with Crippen LogP contribution in [0.5, 0.6) is 0 Å². The molecule has 21 heavy (non-hydrogen) atoms. The molecular weight excluding hydrogens is 270 g/mol. The fraction of sp³-hybridized carbons (Fsp3) is 0.400. The number of pyridine rings is 1. The molecule has 0 saturated heterocycles. The van der Waals surface area contributed by atoms with Gasteiger partial charge in [-0.3, -0.25) is 15.1 Å². The molecule has 1 atom stereocenters. The molecule has 1 aromatic carbocycles. The number of anilines is 1. The molecule has 110 valence electrons. The van der Waals surface area contributed by atoms with E-state index in [0.29, 0.717) is 23.4 Å². The number of nitrogens with one attached hydrogen (secondary N) is 1. The molecule has 0 spiro atoms. The van der Waals surface area contributed by atoms with Crippen LogP contribution in [0.4, 0.5) is 11.4 Å². The van der Waals surface area contributed by atoms with E-state index in [0.717, 1.165) is 24.2 Å². The highest BCUT2D eigenvalue weighted by Gasteiger charge is 2.29. The number of rotatable bonds is 5. The van der Waals surface area contributed by atoms with Crippen LogP contribution >= 0.6 is 0 Å². The standard InChI is InChI=1S/C15H17N3O3/c1-9-6-14(16-8-15(19)10-2-3-10)12-7-11(18(20)21)4-5-13(12)17-9/h4-7,10,15,19H,2-3,8H2,1H3,(H,16,17)/t15-/m0/s1. The van der Waals surface area contributed by atoms with Gasteiger partial charge in [0, 0.05) is 35.4 Å². The van der Waals surface area contributed by atoms with Crippen molar-refractivity contribution in [1.82, 2.24) is 4.98 Å². The summed E-state index contributed by atoms with van der Waals surface area (Å²) >= 11 is 0. The van der Waals surface area contributed by atoms with Gasteiger partial charge in [-0.2, -0.15) is 0 Å². The topological polar surface area (TPSA) is 88.3 Å². The first kappa shape index (κ1) is 13.8. The van der Waals surface area contributed by atoms with Crippen LogP contribution in [0.15, 0.2) is 24.3 Å². The van der Waals surface area contributed by atoms with Crippen LogP contribution < -0.4 is 5.32 Å². The average molecular weight is 287 g/mol. The summed E-state index contributed by atoms with van der Waals surface area (Å²) in [4.78, 5) is 14.9. The number of aliphatic hydroxyl groups excluding tert-OH is 1. The minimum atomic E-state index is -0.415. The van der Waals surface area contributed by atoms with E-state index < -0.39 is 4.92 Å². The van der Waals surface area contributed by atoms with Crippen molar-refractivity contribution in [1.29, 1.82) is 0 Å². The van der Waals surface area contributed by atoms with Gasteiger partial charge in [0.05, 0.1) is 16.5 Å². The molecule has 0 aliphatic heterocycles. The molecule has 2 N–H and O–H groups in total. The fourth-order valence-electron chi connectivity index (χ4n) is 2.47. The summed E-state index contributed by atoms with van der Waals surface area (Å²) in [6.07, 6.45) is 1.78. The van der Waals surface area contributed by atoms with Gasteiger partial charge in [-0.1, -0.05) is 0 Å². The Morgan fingerprint density at radius 3 is 2.90 bits per heavy atom. The molecule has 1 aliphatic rings. The van der Waals surface area contributed by atoms with Gasteiger partial charge < -0.3 is 10.4 Å². The van der Waals surface area contributed by atoms with E-state index in [9.17, 15) is 15.2 Å². The molecular formula is C15H17N3O3. The third-order valence-corrected chi connectivity index (χ3v) is 3.80. The van der Waals surface area contributed by atoms with E-state index in [1.807, 2.05) is 13.0 Å². The van der Waals surface area contributed by atoms with Crippen LogP contribution in [0.3, 0.4) is 0 Å². The lowest BCUT2D eigenvalue weighted by atomic mass is 10.1. The number of benzene rings is 1. The molecule has 6 nitrogen and oxygen atoms in total. The molecule has 0 unspecified atom stereocenters. The van der Waals surface area contributed by atoms with Gasteiger partial charge in [0.1, 0.15) is 0 Å². The molecule has 1 aliphatic carbocycles. The number of hydrogen-bond donors (Lipinski definition) is 2. The smallest absolute Gasteiger partial charge is 0.270 e. The Morgan fingerprint density at radius 2 is 2.24 bits per heavy atom. The van der Waals surface area contributed by atoms with Gasteiger partial charge in [-0.15, -0.1) is 0 Å². The normalized spacial score (nSPS) is 15.9. The number of aryl methyl sites for hydroxylation is 1. The first-order valence-electron chi connectivity index (χ1n) is 7.02. The summed E-state index contributed by atoms with van der Waals surface area (Å²) in [5.41, 5.74) is 2.36. The van der Waals surface area contributed by atoms with Crippen molar-refractivity contribution in [2.24, 2.45) is 5.92 Å². The second-order valence-electron chi connectivity index (χ2n) is 5.56. The summed E-state index contributed by atoms with van der Waals surface area (Å²) in [6.45, 7) is 2.33. The minimum absolute atomic E-state index is 0.0407. The Morgan fingerprint density at radius 1 is 1.48 bits per heavy atom. The predicted octanol–water partition coefficient (Wildman–Crippen LogP) is 2.63. The van der Waals surface area contributed by atoms with Crippen LogP contribution in [0, 0.1) is 23.0 Å². The lowest BCUT2D eigenvalue weighted by Gasteiger charge is -2.14. The van der Waals surface area contributed by atoms with Crippen molar-refractivity contribution in [3.8, 4) is 0 Å². The van der Waals surface area contributed by atoms with E-state index in [-0.39, 0.29) is 11.8 Å². The second kappa shape index (κ2) is 5.29. The van der Waals surface area contributed by atoms with Gasteiger partial charge in [-0.05, 0) is 37.8 Å². The lowest BCUT2D eigenvalue weighted by Crippen LogP contribution is -2.21. The van der Waals surface area contributed by atoms with Gasteiger partial charge >= 0.3 is 0 Å². The molecule has 1 fully saturated rings. The van der Waals surface area contributed by atoms with Crippen molar-refractivity contribution < 1.29 is 10.0 Å². The number of aliphatic hydroxyl groups is 1. The number of fused-ring (bicyclic) bond motifs is 1. The van der Waals surface area contributed by atoms with Gasteiger partial charge in [0.25, 0.3) is 5.69 Å². The van der Waals surface area contributed by atoms with Crippen molar-refractivity contribution in [2.75, 3.05) is 11.9 Å². The van der Waals surface area contributed by atoms with Crippen molar-refractivity contribution in [3.63, 3.8) is 0 Å². The summed E-state index contributed by atoms with van der Waals surface area (Å²) in [7, 11) is 0. The van der Waals surface area contributed by atoms with Gasteiger partial charge in [0.15, 0.2) is 0 Å². The number of nitro groups is 1. The highest BCUT2D eigenvalue weighted by atomic mass is 16.6. The van der Waals surface area contributed by atoms with Crippen LogP contribution in [0.2, 0.25) is 0 Å². The quantitative estimate of drug-likeness (QED) is 0.652. The average Bonchev–Trinajstić information content (AvgIpc) is 3.28. The number of nitrogens with zero attached hydrogens (tertiary/aromatic N) is 2. The van der Waals surface area contributed by atoms with Crippen LogP contribution in [-0.4, -0.2) is 27.7 Å². The largest absolute Gasteiger partial charge is 0.391 e. The number of hydrogen-bond acceptors (Lipinski definition) is 5. The highest BCUT2D eigenvalue weighted by molar-refractivity contribution is 5.93. The molecule has 6 heteroatoms. The number of non-ortho nitro benzene ring substituents is 1. The van der Waals surface area contributed by atoms with Crippen LogP contribution in [-0.2, 0) is 0 Å². The lowest BCUT2D eigenvalue weighted by molar-refractivity contribution is -0.384. The Kier molecular flexibility index (Phi) is 3.47. The zero-order chi connectivity index (χ0) is 15.0. The molecule has 0 radical (unpaired) electrons. The molecule has 2 aromatic rings. The predicted molar refractivity (Wildman–Crippen MR) is 80.4 cm³/mol. The second-order valence-corrected chi connectivity index (χ2v) is 5.56. The minimum Gasteiger partial charge on any atom is -0.391 e. The van der Waals surface area contributed by atoms with Gasteiger partial charge in [-0.25, -0.2) is 0 Å². The van der Waals surface area contributed by atoms with Crippen molar-refractivity contribution in [2.45, 2.75) is 25.9 Å². The number of nitro benzene ring substituents is 1. The SMILES string of the molecule is Cc1cc(NC[C@H](O)C2CC2)c2cc([N+](=O)[O-])ccc2n1. The molecule has 0 bridgehead atoms. The molecule has 1 heterocycles. The Hall–Kier alpha value is -2.21. The van der Waals surface area contributed by atoms with E-state index in [4.69, 9.17) is 0 Å². The number of aromatic nitrogens is 1.